The molecule has 0 saturated carbocycles. The predicted octanol–water partition coefficient (Wildman–Crippen LogP) is 2.23. The Bertz CT molecular complexity index is 1180. The zero-order valence-electron chi connectivity index (χ0n) is 22.7. The average molecular weight is 537 g/mol. The number of nitriles is 1. The first-order valence-electron chi connectivity index (χ1n) is 12.9. The molecular formula is C27H36N8O4. The van der Waals surface area contributed by atoms with E-state index in [1.807, 2.05) is 23.9 Å². The number of anilines is 3. The third-order valence-corrected chi connectivity index (χ3v) is 6.54. The molecule has 2 N–H and O–H groups in total. The van der Waals surface area contributed by atoms with Gasteiger partial charge in [-0.3, -0.25) is 19.9 Å². The standard InChI is InChI=1S/C27H36N8O4/c1-33(10-11-36)8-9-34(2)17-21-6-7-26(31-24(21)18-37)35(3)27(38)32-25-13-23(22(14-28)16-30-25)29-15-20-5-4-12-39-19-20/h6-7,11,13,16,18,20H,4-5,8-10,12,15,17,19H2,1-3H3,(H2,29,30,32,38). The minimum atomic E-state index is -0.494. The highest BCUT2D eigenvalue weighted by molar-refractivity contribution is 6.00. The monoisotopic (exact) mass is 536 g/mol. The Morgan fingerprint density at radius 2 is 2.03 bits per heavy atom. The quantitative estimate of drug-likeness (QED) is 0.366. The zero-order valence-corrected chi connectivity index (χ0v) is 22.7. The Labute approximate surface area is 228 Å². The number of nitrogens with zero attached hydrogens (tertiary/aromatic N) is 6. The number of ether oxygens (including phenoxy) is 1. The Kier molecular flexibility index (Phi) is 11.3. The smallest absolute Gasteiger partial charge is 0.328 e. The van der Waals surface area contributed by atoms with E-state index in [9.17, 15) is 19.6 Å². The van der Waals surface area contributed by atoms with Crippen molar-refractivity contribution >= 4 is 35.9 Å². The number of urea groups is 1. The van der Waals surface area contributed by atoms with Crippen molar-refractivity contribution in [3.8, 4) is 6.07 Å². The molecule has 2 amide bonds. The van der Waals surface area contributed by atoms with Crippen LogP contribution >= 0.6 is 0 Å². The number of hydrogen-bond donors (Lipinski definition) is 2. The molecule has 208 valence electrons. The lowest BCUT2D eigenvalue weighted by Gasteiger charge is -2.23. The van der Waals surface area contributed by atoms with Gasteiger partial charge in [-0.15, -0.1) is 0 Å². The molecule has 12 nitrogen and oxygen atoms in total. The first kappa shape index (κ1) is 29.6. The lowest BCUT2D eigenvalue weighted by Crippen LogP contribution is -2.33. The van der Waals surface area contributed by atoms with Gasteiger partial charge in [0.25, 0.3) is 0 Å². The van der Waals surface area contributed by atoms with Gasteiger partial charge in [0.15, 0.2) is 6.29 Å². The van der Waals surface area contributed by atoms with E-state index >= 15 is 0 Å². The van der Waals surface area contributed by atoms with Crippen LogP contribution in [0.2, 0.25) is 0 Å². The van der Waals surface area contributed by atoms with Gasteiger partial charge in [-0.05, 0) is 44.5 Å². The summed E-state index contributed by atoms with van der Waals surface area (Å²) in [6, 6.07) is 6.71. The summed E-state index contributed by atoms with van der Waals surface area (Å²) in [5.74, 6) is 0.935. The number of nitrogens with one attached hydrogen (secondary N) is 2. The highest BCUT2D eigenvalue weighted by atomic mass is 16.5. The molecule has 2 aromatic heterocycles. The third kappa shape index (κ3) is 8.81. The van der Waals surface area contributed by atoms with Gasteiger partial charge in [-0.25, -0.2) is 14.8 Å². The number of carbonyl (C=O) groups excluding carboxylic acids is 3. The number of carbonyl (C=O) groups is 3. The second-order valence-electron chi connectivity index (χ2n) is 9.68. The zero-order chi connectivity index (χ0) is 28.2. The van der Waals surface area contributed by atoms with Gasteiger partial charge in [-0.2, -0.15) is 5.26 Å². The Balaban J connectivity index is 1.63. The molecule has 1 aliphatic rings. The van der Waals surface area contributed by atoms with Crippen LogP contribution in [-0.2, 0) is 16.1 Å². The summed E-state index contributed by atoms with van der Waals surface area (Å²) >= 11 is 0. The summed E-state index contributed by atoms with van der Waals surface area (Å²) in [6.45, 7) is 4.38. The molecule has 1 aliphatic heterocycles. The number of amides is 2. The van der Waals surface area contributed by atoms with Crippen molar-refractivity contribution in [3.63, 3.8) is 0 Å². The number of hydrogen-bond acceptors (Lipinski definition) is 10. The lowest BCUT2D eigenvalue weighted by atomic mass is 10.0. The number of aldehydes is 2. The van der Waals surface area contributed by atoms with Crippen LogP contribution in [0.4, 0.5) is 22.1 Å². The van der Waals surface area contributed by atoms with Crippen LogP contribution < -0.4 is 15.5 Å². The molecule has 1 fully saturated rings. The van der Waals surface area contributed by atoms with Crippen LogP contribution in [0.5, 0.6) is 0 Å². The molecule has 1 unspecified atom stereocenters. The van der Waals surface area contributed by atoms with Crippen molar-refractivity contribution in [1.82, 2.24) is 19.8 Å². The van der Waals surface area contributed by atoms with E-state index in [0.717, 1.165) is 31.3 Å². The molecule has 3 rings (SSSR count). The molecular weight excluding hydrogens is 500 g/mol. The Hall–Kier alpha value is -3.92. The molecule has 1 saturated heterocycles. The minimum absolute atomic E-state index is 0.245. The van der Waals surface area contributed by atoms with E-state index in [1.54, 1.807) is 25.2 Å². The maximum absolute atomic E-state index is 13.0. The van der Waals surface area contributed by atoms with E-state index in [-0.39, 0.29) is 11.5 Å². The van der Waals surface area contributed by atoms with E-state index in [1.165, 1.54) is 11.1 Å². The average Bonchev–Trinajstić information content (AvgIpc) is 2.95. The van der Waals surface area contributed by atoms with Gasteiger partial charge in [0.2, 0.25) is 0 Å². The highest BCUT2D eigenvalue weighted by Crippen LogP contribution is 2.21. The summed E-state index contributed by atoms with van der Waals surface area (Å²) in [5, 5.41) is 15.5. The summed E-state index contributed by atoms with van der Waals surface area (Å²) in [5.41, 5.74) is 1.94. The normalized spacial score (nSPS) is 15.0. The van der Waals surface area contributed by atoms with Crippen LogP contribution in [0, 0.1) is 17.2 Å². The summed E-state index contributed by atoms with van der Waals surface area (Å²) in [4.78, 5) is 49.2. The van der Waals surface area contributed by atoms with Crippen LogP contribution in [0.25, 0.3) is 0 Å². The fourth-order valence-electron chi connectivity index (χ4n) is 4.12. The molecule has 1 atom stereocenters. The number of pyridine rings is 2. The predicted molar refractivity (Wildman–Crippen MR) is 148 cm³/mol. The first-order chi connectivity index (χ1) is 18.8. The molecule has 39 heavy (non-hydrogen) atoms. The minimum Gasteiger partial charge on any atom is -0.383 e. The third-order valence-electron chi connectivity index (χ3n) is 6.54. The maximum atomic E-state index is 13.0. The number of likely N-dealkylation sites (N-methyl/N-ethyl adjacent to an activating group) is 2. The first-order valence-corrected chi connectivity index (χ1v) is 12.9. The molecule has 0 aliphatic carbocycles. The van der Waals surface area contributed by atoms with Gasteiger partial charge < -0.3 is 19.7 Å². The van der Waals surface area contributed by atoms with Crippen molar-refractivity contribution in [2.45, 2.75) is 19.4 Å². The summed E-state index contributed by atoms with van der Waals surface area (Å²) < 4.78 is 5.52. The molecule has 3 heterocycles. The number of rotatable bonds is 13. The van der Waals surface area contributed by atoms with Crippen molar-refractivity contribution < 1.29 is 19.1 Å². The van der Waals surface area contributed by atoms with Gasteiger partial charge >= 0.3 is 6.03 Å². The van der Waals surface area contributed by atoms with Crippen molar-refractivity contribution in [2.75, 3.05) is 76.1 Å². The van der Waals surface area contributed by atoms with E-state index in [0.29, 0.717) is 68.6 Å². The molecule has 0 aromatic carbocycles. The molecule has 0 bridgehead atoms. The van der Waals surface area contributed by atoms with E-state index in [4.69, 9.17) is 4.74 Å². The second kappa shape index (κ2) is 14.9. The van der Waals surface area contributed by atoms with E-state index < -0.39 is 6.03 Å². The highest BCUT2D eigenvalue weighted by Gasteiger charge is 2.18. The van der Waals surface area contributed by atoms with Crippen molar-refractivity contribution in [3.05, 3.63) is 41.2 Å². The summed E-state index contributed by atoms with van der Waals surface area (Å²) in [7, 11) is 5.34. The SMILES string of the molecule is CN(CC=O)CCN(C)Cc1ccc(N(C)C(=O)Nc2cc(NCC3CCCOC3)c(C#N)cn2)nc1C=O. The summed E-state index contributed by atoms with van der Waals surface area (Å²) in [6.07, 6.45) is 5.02. The van der Waals surface area contributed by atoms with Crippen LogP contribution in [0.1, 0.15) is 34.5 Å². The van der Waals surface area contributed by atoms with Gasteiger partial charge in [0.05, 0.1) is 24.4 Å². The number of aromatic nitrogens is 2. The van der Waals surface area contributed by atoms with Gasteiger partial charge in [0, 0.05) is 52.1 Å². The molecule has 12 heteroatoms. The fourth-order valence-corrected chi connectivity index (χ4v) is 4.12. The van der Waals surface area contributed by atoms with Gasteiger partial charge in [0.1, 0.15) is 29.7 Å². The molecule has 2 aromatic rings. The largest absolute Gasteiger partial charge is 0.383 e. The Morgan fingerprint density at radius 3 is 2.72 bits per heavy atom. The maximum Gasteiger partial charge on any atom is 0.328 e. The van der Waals surface area contributed by atoms with Crippen molar-refractivity contribution in [2.24, 2.45) is 5.92 Å². The van der Waals surface area contributed by atoms with Gasteiger partial charge in [-0.1, -0.05) is 6.07 Å². The van der Waals surface area contributed by atoms with Crippen LogP contribution in [-0.4, -0.2) is 98.9 Å². The lowest BCUT2D eigenvalue weighted by molar-refractivity contribution is -0.108. The van der Waals surface area contributed by atoms with Crippen molar-refractivity contribution in [1.29, 1.82) is 5.26 Å². The molecule has 0 spiro atoms. The van der Waals surface area contributed by atoms with Crippen LogP contribution in [0.3, 0.4) is 0 Å². The second-order valence-corrected chi connectivity index (χ2v) is 9.68. The van der Waals surface area contributed by atoms with E-state index in [2.05, 4.69) is 26.7 Å². The molecule has 0 radical (unpaired) electrons. The Morgan fingerprint density at radius 1 is 1.23 bits per heavy atom. The van der Waals surface area contributed by atoms with Crippen LogP contribution in [0.15, 0.2) is 24.4 Å². The fraction of sp³-hybridized carbons (Fsp3) is 0.481. The topological polar surface area (TPSA) is 144 Å².